The zero-order valence-electron chi connectivity index (χ0n) is 12.1. The van der Waals surface area contributed by atoms with Crippen molar-refractivity contribution in [2.75, 3.05) is 6.54 Å². The monoisotopic (exact) mass is 325 g/mol. The van der Waals surface area contributed by atoms with Crippen molar-refractivity contribution >= 4 is 23.2 Å². The maximum absolute atomic E-state index is 14.1. The van der Waals surface area contributed by atoms with Crippen molar-refractivity contribution < 1.29 is 4.39 Å². The van der Waals surface area contributed by atoms with Crippen LogP contribution in [0.3, 0.4) is 0 Å². The molecule has 0 bridgehead atoms. The van der Waals surface area contributed by atoms with Gasteiger partial charge in [0.2, 0.25) is 0 Å². The molecule has 1 nitrogen and oxygen atoms in total. The molecule has 0 aromatic heterocycles. The Morgan fingerprint density at radius 3 is 2.48 bits per heavy atom. The second kappa shape index (κ2) is 7.26. The molecule has 0 aliphatic heterocycles. The van der Waals surface area contributed by atoms with E-state index in [1.807, 2.05) is 32.0 Å². The predicted molar refractivity (Wildman–Crippen MR) is 87.7 cm³/mol. The lowest BCUT2D eigenvalue weighted by atomic mass is 9.95. The summed E-state index contributed by atoms with van der Waals surface area (Å²) in [6.07, 6.45) is 0.529. The van der Waals surface area contributed by atoms with Crippen LogP contribution in [0.2, 0.25) is 10.0 Å². The molecular weight excluding hydrogens is 308 g/mol. The third-order valence-electron chi connectivity index (χ3n) is 3.59. The Kier molecular flexibility index (Phi) is 5.63. The van der Waals surface area contributed by atoms with Crippen LogP contribution < -0.4 is 5.32 Å². The summed E-state index contributed by atoms with van der Waals surface area (Å²) in [5, 5.41) is 4.28. The summed E-state index contributed by atoms with van der Waals surface area (Å²) < 4.78 is 14.1. The van der Waals surface area contributed by atoms with Crippen molar-refractivity contribution in [2.24, 2.45) is 0 Å². The lowest BCUT2D eigenvalue weighted by Crippen LogP contribution is -2.24. The maximum atomic E-state index is 14.1. The number of likely N-dealkylation sites (N-methyl/N-ethyl adjacent to an activating group) is 1. The molecule has 0 spiro atoms. The van der Waals surface area contributed by atoms with Crippen LogP contribution in [0.25, 0.3) is 0 Å². The summed E-state index contributed by atoms with van der Waals surface area (Å²) in [5.74, 6) is -0.346. The van der Waals surface area contributed by atoms with Gasteiger partial charge in [0, 0.05) is 11.1 Å². The fourth-order valence-corrected chi connectivity index (χ4v) is 2.84. The fourth-order valence-electron chi connectivity index (χ4n) is 2.47. The SMILES string of the molecule is CCNC(Cc1cccc(Cl)c1F)c1cccc(Cl)c1C. The average Bonchev–Trinajstić information content (AvgIpc) is 2.46. The van der Waals surface area contributed by atoms with Gasteiger partial charge in [-0.15, -0.1) is 0 Å². The highest BCUT2D eigenvalue weighted by Crippen LogP contribution is 2.28. The first-order valence-corrected chi connectivity index (χ1v) is 7.71. The Hall–Kier alpha value is -1.09. The molecule has 2 aromatic rings. The Morgan fingerprint density at radius 2 is 1.76 bits per heavy atom. The van der Waals surface area contributed by atoms with Gasteiger partial charge in [0.1, 0.15) is 5.82 Å². The van der Waals surface area contributed by atoms with Crippen LogP contribution in [0.5, 0.6) is 0 Å². The van der Waals surface area contributed by atoms with Crippen LogP contribution in [0.15, 0.2) is 36.4 Å². The zero-order valence-corrected chi connectivity index (χ0v) is 13.6. The Labute approximate surface area is 135 Å². The summed E-state index contributed by atoms with van der Waals surface area (Å²) in [4.78, 5) is 0. The molecule has 1 unspecified atom stereocenters. The van der Waals surface area contributed by atoms with Crippen LogP contribution in [0.1, 0.15) is 29.7 Å². The second-order valence-electron chi connectivity index (χ2n) is 4.98. The summed E-state index contributed by atoms with van der Waals surface area (Å²) in [6, 6.07) is 10.9. The molecule has 21 heavy (non-hydrogen) atoms. The summed E-state index contributed by atoms with van der Waals surface area (Å²) in [5.41, 5.74) is 2.71. The van der Waals surface area contributed by atoms with Gasteiger partial charge in [0.05, 0.1) is 5.02 Å². The third kappa shape index (κ3) is 3.76. The quantitative estimate of drug-likeness (QED) is 0.782. The minimum atomic E-state index is -0.346. The van der Waals surface area contributed by atoms with Crippen LogP contribution in [-0.4, -0.2) is 6.54 Å². The van der Waals surface area contributed by atoms with Crippen molar-refractivity contribution in [1.82, 2.24) is 5.32 Å². The van der Waals surface area contributed by atoms with E-state index in [9.17, 15) is 4.39 Å². The number of nitrogens with one attached hydrogen (secondary N) is 1. The summed E-state index contributed by atoms with van der Waals surface area (Å²) >= 11 is 12.1. The molecule has 4 heteroatoms. The first kappa shape index (κ1) is 16.3. The molecule has 1 atom stereocenters. The Morgan fingerprint density at radius 1 is 1.10 bits per heavy atom. The van der Waals surface area contributed by atoms with Crippen molar-refractivity contribution in [1.29, 1.82) is 0 Å². The molecule has 0 aliphatic carbocycles. The number of rotatable bonds is 5. The number of hydrogen-bond donors (Lipinski definition) is 1. The van der Waals surface area contributed by atoms with Crippen molar-refractivity contribution in [3.63, 3.8) is 0 Å². The average molecular weight is 326 g/mol. The van der Waals surface area contributed by atoms with Crippen LogP contribution in [0, 0.1) is 12.7 Å². The molecule has 2 aromatic carbocycles. The molecule has 0 fully saturated rings. The Bertz CT molecular complexity index is 628. The van der Waals surface area contributed by atoms with Gasteiger partial charge < -0.3 is 5.32 Å². The molecule has 1 N–H and O–H groups in total. The van der Waals surface area contributed by atoms with Gasteiger partial charge in [-0.05, 0) is 48.7 Å². The first-order valence-electron chi connectivity index (χ1n) is 6.95. The molecule has 0 aliphatic rings. The van der Waals surface area contributed by atoms with Gasteiger partial charge in [-0.25, -0.2) is 4.39 Å². The summed E-state index contributed by atoms with van der Waals surface area (Å²) in [7, 11) is 0. The minimum absolute atomic E-state index is 0.00154. The van der Waals surface area contributed by atoms with Gasteiger partial charge in [0.25, 0.3) is 0 Å². The molecular formula is C17H18Cl2FN. The largest absolute Gasteiger partial charge is 0.310 e. The molecule has 2 rings (SSSR count). The normalized spacial score (nSPS) is 12.4. The molecule has 0 amide bonds. The third-order valence-corrected chi connectivity index (χ3v) is 4.29. The van der Waals surface area contributed by atoms with E-state index in [0.29, 0.717) is 12.0 Å². The smallest absolute Gasteiger partial charge is 0.145 e. The lowest BCUT2D eigenvalue weighted by Gasteiger charge is -2.21. The molecule has 0 saturated heterocycles. The van der Waals surface area contributed by atoms with Crippen molar-refractivity contribution in [3.05, 3.63) is 69.0 Å². The molecule has 0 radical (unpaired) electrons. The van der Waals surface area contributed by atoms with Crippen LogP contribution in [-0.2, 0) is 6.42 Å². The maximum Gasteiger partial charge on any atom is 0.145 e. The zero-order chi connectivity index (χ0) is 15.4. The number of hydrogen-bond acceptors (Lipinski definition) is 1. The van der Waals surface area contributed by atoms with E-state index in [4.69, 9.17) is 23.2 Å². The van der Waals surface area contributed by atoms with E-state index in [1.165, 1.54) is 0 Å². The van der Waals surface area contributed by atoms with Gasteiger partial charge >= 0.3 is 0 Å². The van der Waals surface area contributed by atoms with Gasteiger partial charge in [-0.3, -0.25) is 0 Å². The number of benzene rings is 2. The highest BCUT2D eigenvalue weighted by molar-refractivity contribution is 6.31. The summed E-state index contributed by atoms with van der Waals surface area (Å²) in [6.45, 7) is 4.80. The van der Waals surface area contributed by atoms with E-state index in [1.54, 1.807) is 18.2 Å². The minimum Gasteiger partial charge on any atom is -0.310 e. The fraction of sp³-hybridized carbons (Fsp3) is 0.294. The highest BCUT2D eigenvalue weighted by Gasteiger charge is 2.17. The van der Waals surface area contributed by atoms with Crippen LogP contribution in [0.4, 0.5) is 4.39 Å². The van der Waals surface area contributed by atoms with E-state index in [0.717, 1.165) is 22.7 Å². The van der Waals surface area contributed by atoms with Gasteiger partial charge in [0.15, 0.2) is 0 Å². The molecule has 0 heterocycles. The van der Waals surface area contributed by atoms with E-state index < -0.39 is 0 Å². The predicted octanol–water partition coefficient (Wildman–Crippen LogP) is 5.33. The van der Waals surface area contributed by atoms with Crippen LogP contribution >= 0.6 is 23.2 Å². The standard InChI is InChI=1S/C17H18Cl2FN/c1-3-21-16(13-7-5-8-14(18)11(13)2)10-12-6-4-9-15(19)17(12)20/h4-9,16,21H,3,10H2,1-2H3. The lowest BCUT2D eigenvalue weighted by molar-refractivity contribution is 0.526. The van der Waals surface area contributed by atoms with E-state index in [-0.39, 0.29) is 16.9 Å². The topological polar surface area (TPSA) is 12.0 Å². The van der Waals surface area contributed by atoms with Crippen molar-refractivity contribution in [3.8, 4) is 0 Å². The Balaban J connectivity index is 2.35. The molecule has 0 saturated carbocycles. The second-order valence-corrected chi connectivity index (χ2v) is 5.80. The van der Waals surface area contributed by atoms with Gasteiger partial charge in [-0.2, -0.15) is 0 Å². The van der Waals surface area contributed by atoms with E-state index in [2.05, 4.69) is 5.32 Å². The highest BCUT2D eigenvalue weighted by atomic mass is 35.5. The van der Waals surface area contributed by atoms with Crippen molar-refractivity contribution in [2.45, 2.75) is 26.3 Å². The molecule has 112 valence electrons. The number of halogens is 3. The van der Waals surface area contributed by atoms with Gasteiger partial charge in [-0.1, -0.05) is 54.4 Å². The first-order chi connectivity index (χ1) is 10.0. The van der Waals surface area contributed by atoms with E-state index >= 15 is 0 Å².